The Labute approximate surface area is 173 Å². The molecule has 2 atom stereocenters. The molecule has 0 aromatic heterocycles. The summed E-state index contributed by atoms with van der Waals surface area (Å²) < 4.78 is 25.1. The van der Waals surface area contributed by atoms with E-state index in [0.717, 1.165) is 12.5 Å². The summed E-state index contributed by atoms with van der Waals surface area (Å²) in [7, 11) is -8.75. The Bertz CT molecular complexity index is 479. The van der Waals surface area contributed by atoms with Gasteiger partial charge >= 0.3 is 15.3 Å². The normalized spacial score (nSPS) is 16.7. The van der Waals surface area contributed by atoms with E-state index in [0.29, 0.717) is 0 Å². The number of rotatable bonds is 12. The summed E-state index contributed by atoms with van der Waals surface area (Å²) in [6.45, 7) is 27.4. The summed E-state index contributed by atoms with van der Waals surface area (Å²) in [5.74, 6) is -0.383. The van der Waals surface area contributed by atoms with Crippen molar-refractivity contribution in [3.63, 3.8) is 0 Å². The van der Waals surface area contributed by atoms with Crippen molar-refractivity contribution in [3.05, 3.63) is 12.7 Å². The molecule has 0 spiro atoms. The molecule has 0 N–H and O–H groups in total. The lowest BCUT2D eigenvalue weighted by atomic mass is 10.3. The van der Waals surface area contributed by atoms with E-state index in [1.807, 2.05) is 6.92 Å². The summed E-state index contributed by atoms with van der Waals surface area (Å²) in [6, 6.07) is 0.821. The Morgan fingerprint density at radius 1 is 0.926 bits per heavy atom. The van der Waals surface area contributed by atoms with Crippen LogP contribution in [0.5, 0.6) is 0 Å². The molecule has 27 heavy (non-hydrogen) atoms. The van der Waals surface area contributed by atoms with Crippen LogP contribution >= 0.6 is 0 Å². The number of esters is 1. The fourth-order valence-electron chi connectivity index (χ4n) is 2.60. The van der Waals surface area contributed by atoms with E-state index in [9.17, 15) is 4.79 Å². The maximum Gasteiger partial charge on any atom is 0.330 e. The highest BCUT2D eigenvalue weighted by atomic mass is 28.4. The lowest BCUT2D eigenvalue weighted by molar-refractivity contribution is -0.146. The zero-order valence-electron chi connectivity index (χ0n) is 19.4. The fraction of sp³-hybridized carbons (Fsp3) is 0.824. The van der Waals surface area contributed by atoms with Gasteiger partial charge in [-0.1, -0.05) is 6.58 Å². The maximum absolute atomic E-state index is 12.0. The van der Waals surface area contributed by atoms with Gasteiger partial charge in [-0.05, 0) is 84.9 Å². The Balaban J connectivity index is 5.41. The first-order valence-electron chi connectivity index (χ1n) is 9.76. The summed E-state index contributed by atoms with van der Waals surface area (Å²) in [5.41, 5.74) is 0. The lowest BCUT2D eigenvalue weighted by Crippen LogP contribution is -2.52. The van der Waals surface area contributed by atoms with Crippen molar-refractivity contribution in [1.82, 2.24) is 0 Å². The highest BCUT2D eigenvalue weighted by Crippen LogP contribution is 2.28. The van der Waals surface area contributed by atoms with E-state index in [2.05, 4.69) is 72.0 Å². The summed E-state index contributed by atoms with van der Waals surface area (Å²) in [4.78, 5) is 12.0. The third-order valence-electron chi connectivity index (χ3n) is 3.74. The summed E-state index contributed by atoms with van der Waals surface area (Å²) in [5, 5.41) is -0.595. The van der Waals surface area contributed by atoms with E-state index < -0.39 is 48.5 Å². The van der Waals surface area contributed by atoms with Crippen LogP contribution in [-0.2, 0) is 21.9 Å². The molecule has 0 aromatic carbocycles. The molecule has 2 unspecified atom stereocenters. The third kappa shape index (κ3) is 13.1. The van der Waals surface area contributed by atoms with E-state index in [1.165, 1.54) is 6.08 Å². The van der Waals surface area contributed by atoms with Gasteiger partial charge in [0.25, 0.3) is 0 Å². The number of hydrogen-bond donors (Lipinski definition) is 0. The first kappa shape index (κ1) is 27.2. The van der Waals surface area contributed by atoms with Crippen molar-refractivity contribution < 1.29 is 21.9 Å². The van der Waals surface area contributed by atoms with Crippen LogP contribution in [0.3, 0.4) is 0 Å². The smallest absolute Gasteiger partial charge is 0.330 e. The van der Waals surface area contributed by atoms with Crippen LogP contribution in [0.15, 0.2) is 12.7 Å². The van der Waals surface area contributed by atoms with Crippen molar-refractivity contribution in [2.75, 3.05) is 0 Å². The second-order valence-corrected chi connectivity index (χ2v) is 29.7. The molecule has 0 amide bonds. The zero-order chi connectivity index (χ0) is 21.7. The van der Waals surface area contributed by atoms with Crippen molar-refractivity contribution in [2.45, 2.75) is 90.1 Å². The molecular formula is C17H42O5Si5. The molecule has 0 aliphatic heterocycles. The molecule has 5 nitrogen and oxygen atoms in total. The molecule has 0 aromatic rings. The first-order valence-corrected chi connectivity index (χ1v) is 23.9. The Kier molecular flexibility index (Phi) is 10.3. The average Bonchev–Trinajstić information content (AvgIpc) is 2.39. The third-order valence-corrected chi connectivity index (χ3v) is 18.6. The fourth-order valence-corrected chi connectivity index (χ4v) is 17.7. The monoisotopic (exact) mass is 466 g/mol. The number of carbonyl (C=O) groups is 1. The minimum Gasteiger partial charge on any atom is -0.458 e. The zero-order valence-corrected chi connectivity index (χ0v) is 24.7. The second kappa shape index (κ2) is 10.3. The standard InChI is InChI=1S/C17H42O5Si5/c1-13-16(18)19-17(2,23(3)20-25(4,5)6)14-15-24(21-26(7,8)9)22-27(10,11)12/h13,23-24H,1,14-15H2,2-12H3. The van der Waals surface area contributed by atoms with E-state index >= 15 is 0 Å². The molecule has 0 radical (unpaired) electrons. The van der Waals surface area contributed by atoms with Gasteiger partial charge in [-0.2, -0.15) is 0 Å². The van der Waals surface area contributed by atoms with Crippen molar-refractivity contribution >= 4 is 49.2 Å². The van der Waals surface area contributed by atoms with Crippen LogP contribution in [0.25, 0.3) is 0 Å². The van der Waals surface area contributed by atoms with Gasteiger partial charge in [-0.15, -0.1) is 0 Å². The predicted molar refractivity (Wildman–Crippen MR) is 128 cm³/mol. The van der Waals surface area contributed by atoms with Gasteiger partial charge in [0.15, 0.2) is 25.0 Å². The Morgan fingerprint density at radius 3 is 1.67 bits per heavy atom. The average molecular weight is 467 g/mol. The van der Waals surface area contributed by atoms with Crippen molar-refractivity contribution in [3.8, 4) is 0 Å². The molecule has 0 saturated heterocycles. The molecular weight excluding hydrogens is 425 g/mol. The van der Waals surface area contributed by atoms with E-state index in [-0.39, 0.29) is 5.97 Å². The van der Waals surface area contributed by atoms with Crippen LogP contribution < -0.4 is 0 Å². The summed E-state index contributed by atoms with van der Waals surface area (Å²) >= 11 is 0. The molecule has 160 valence electrons. The van der Waals surface area contributed by atoms with Crippen molar-refractivity contribution in [1.29, 1.82) is 0 Å². The van der Waals surface area contributed by atoms with Gasteiger partial charge in [0.05, 0.1) is 0 Å². The molecule has 0 aliphatic rings. The highest BCUT2D eigenvalue weighted by molar-refractivity contribution is 6.81. The van der Waals surface area contributed by atoms with Gasteiger partial charge < -0.3 is 17.1 Å². The van der Waals surface area contributed by atoms with Gasteiger partial charge in [-0.25, -0.2) is 4.79 Å². The first-order chi connectivity index (χ1) is 11.9. The molecule has 0 heterocycles. The number of ether oxygens (including phenoxy) is 1. The van der Waals surface area contributed by atoms with E-state index in [1.54, 1.807) is 0 Å². The second-order valence-electron chi connectivity index (χ2n) is 10.2. The Morgan fingerprint density at radius 2 is 1.33 bits per heavy atom. The van der Waals surface area contributed by atoms with E-state index in [4.69, 9.17) is 17.1 Å². The van der Waals surface area contributed by atoms with Gasteiger partial charge in [-0.3, -0.25) is 0 Å². The number of carbonyl (C=O) groups excluding carboxylic acids is 1. The molecule has 0 fully saturated rings. The highest BCUT2D eigenvalue weighted by Gasteiger charge is 2.41. The minimum atomic E-state index is -1.85. The summed E-state index contributed by atoms with van der Waals surface area (Å²) in [6.07, 6.45) is 1.95. The quantitative estimate of drug-likeness (QED) is 0.240. The van der Waals surface area contributed by atoms with Crippen molar-refractivity contribution in [2.24, 2.45) is 0 Å². The molecule has 10 heteroatoms. The molecule has 0 saturated carbocycles. The Hall–Kier alpha value is 0.174. The topological polar surface area (TPSA) is 54.0 Å². The van der Waals surface area contributed by atoms with Gasteiger partial charge in [0.1, 0.15) is 5.22 Å². The predicted octanol–water partition coefficient (Wildman–Crippen LogP) is 4.53. The maximum atomic E-state index is 12.0. The van der Waals surface area contributed by atoms with Crippen LogP contribution in [0.1, 0.15) is 13.3 Å². The minimum absolute atomic E-state index is 0.383. The SMILES string of the molecule is C=CC(=O)OC(C)(CC[SiH](O[Si](C)(C)C)O[Si](C)(C)C)[SiH](C)O[Si](C)(C)C. The van der Waals surface area contributed by atoms with Crippen LogP contribution in [0.2, 0.25) is 71.5 Å². The van der Waals surface area contributed by atoms with Gasteiger partial charge in [0, 0.05) is 6.08 Å². The van der Waals surface area contributed by atoms with Crippen LogP contribution in [0, 0.1) is 0 Å². The largest absolute Gasteiger partial charge is 0.458 e. The number of hydrogen-bond acceptors (Lipinski definition) is 5. The molecule has 0 bridgehead atoms. The van der Waals surface area contributed by atoms with Crippen LogP contribution in [0.4, 0.5) is 0 Å². The molecule has 0 rings (SSSR count). The van der Waals surface area contributed by atoms with Crippen LogP contribution in [-0.4, -0.2) is 54.5 Å². The molecule has 0 aliphatic carbocycles. The lowest BCUT2D eigenvalue weighted by Gasteiger charge is -2.38. The van der Waals surface area contributed by atoms with Gasteiger partial charge in [0.2, 0.25) is 9.04 Å².